The summed E-state index contributed by atoms with van der Waals surface area (Å²) < 4.78 is 11.0. The van der Waals surface area contributed by atoms with Gasteiger partial charge in [0.1, 0.15) is 10.4 Å². The molecule has 1 aromatic carbocycles. The highest BCUT2D eigenvalue weighted by Crippen LogP contribution is 2.45. The summed E-state index contributed by atoms with van der Waals surface area (Å²) in [7, 11) is 0. The van der Waals surface area contributed by atoms with Crippen LogP contribution < -0.4 is 0 Å². The number of benzene rings is 1. The average molecular weight is 418 g/mol. The summed E-state index contributed by atoms with van der Waals surface area (Å²) in [5, 5.41) is 19.8. The summed E-state index contributed by atoms with van der Waals surface area (Å²) in [5.74, 6) is -1.08. The Hall–Kier alpha value is -2.78. The van der Waals surface area contributed by atoms with E-state index >= 15 is 0 Å². The van der Waals surface area contributed by atoms with Crippen molar-refractivity contribution in [2.45, 2.75) is 20.8 Å². The second-order valence-corrected chi connectivity index (χ2v) is 7.66. The van der Waals surface area contributed by atoms with Crippen LogP contribution in [-0.2, 0) is 9.47 Å². The highest BCUT2D eigenvalue weighted by molar-refractivity contribution is 7.23. The standard InChI is InChI=1S/C19H18N2O5S2/c1-4-25-18(23)13-10(3)15(19(24)26-5-2)28-16(13)20-21-17-14(22)11-8-6-7-9-12(11)27-17/h6-9,22H,4-5H2,1-3H3. The number of rotatable bonds is 6. The molecule has 0 amide bonds. The van der Waals surface area contributed by atoms with Gasteiger partial charge in [-0.05, 0) is 38.5 Å². The topological polar surface area (TPSA) is 97.5 Å². The molecule has 0 fully saturated rings. The SMILES string of the molecule is CCOC(=O)c1sc(N=Nc2sc3ccccc3c2O)c(C(=O)OCC)c1C. The lowest BCUT2D eigenvalue weighted by Crippen LogP contribution is -2.08. The van der Waals surface area contributed by atoms with Gasteiger partial charge in [0, 0.05) is 10.1 Å². The number of carbonyl (C=O) groups excluding carboxylic acids is 2. The van der Waals surface area contributed by atoms with Gasteiger partial charge in [-0.1, -0.05) is 12.1 Å². The first kappa shape index (κ1) is 20.0. The summed E-state index contributed by atoms with van der Waals surface area (Å²) in [4.78, 5) is 24.8. The molecule has 1 N–H and O–H groups in total. The molecule has 9 heteroatoms. The summed E-state index contributed by atoms with van der Waals surface area (Å²) in [6.45, 7) is 5.46. The highest BCUT2D eigenvalue weighted by atomic mass is 32.1. The van der Waals surface area contributed by atoms with Crippen molar-refractivity contribution in [3.63, 3.8) is 0 Å². The van der Waals surface area contributed by atoms with Crippen molar-refractivity contribution >= 4 is 54.7 Å². The zero-order valence-corrected chi connectivity index (χ0v) is 17.1. The van der Waals surface area contributed by atoms with Gasteiger partial charge in [-0.2, -0.15) is 0 Å². The lowest BCUT2D eigenvalue weighted by molar-refractivity contribution is 0.0527. The van der Waals surface area contributed by atoms with Gasteiger partial charge in [-0.15, -0.1) is 32.9 Å². The molecule has 0 aliphatic heterocycles. The van der Waals surface area contributed by atoms with E-state index < -0.39 is 11.9 Å². The number of azo groups is 1. The van der Waals surface area contributed by atoms with Crippen LogP contribution in [0.1, 0.15) is 39.4 Å². The summed E-state index contributed by atoms with van der Waals surface area (Å²) in [6.07, 6.45) is 0. The van der Waals surface area contributed by atoms with E-state index in [1.807, 2.05) is 18.2 Å². The summed E-state index contributed by atoms with van der Waals surface area (Å²) >= 11 is 2.29. The molecule has 0 aliphatic carbocycles. The number of aromatic hydroxyl groups is 1. The third kappa shape index (κ3) is 3.76. The molecule has 0 saturated carbocycles. The molecule has 0 atom stereocenters. The van der Waals surface area contributed by atoms with Gasteiger partial charge in [0.15, 0.2) is 15.8 Å². The molecule has 0 spiro atoms. The first-order valence-electron chi connectivity index (χ1n) is 8.57. The fourth-order valence-corrected chi connectivity index (χ4v) is 4.51. The molecule has 0 unspecified atom stereocenters. The van der Waals surface area contributed by atoms with Crippen LogP contribution in [0, 0.1) is 6.92 Å². The summed E-state index contributed by atoms with van der Waals surface area (Å²) in [6, 6.07) is 7.35. The Labute approximate surface area is 169 Å². The maximum absolute atomic E-state index is 12.4. The van der Waals surface area contributed by atoms with Crippen LogP contribution >= 0.6 is 22.7 Å². The third-order valence-corrected chi connectivity index (χ3v) is 6.05. The quantitative estimate of drug-likeness (QED) is 0.406. The fourth-order valence-electron chi connectivity index (χ4n) is 2.58. The number of carbonyl (C=O) groups is 2. The monoisotopic (exact) mass is 418 g/mol. The van der Waals surface area contributed by atoms with Crippen molar-refractivity contribution in [3.05, 3.63) is 40.3 Å². The van der Waals surface area contributed by atoms with Crippen LogP contribution in [0.15, 0.2) is 34.5 Å². The number of hydrogen-bond donors (Lipinski definition) is 1. The van der Waals surface area contributed by atoms with Gasteiger partial charge >= 0.3 is 11.9 Å². The van der Waals surface area contributed by atoms with Crippen molar-refractivity contribution in [3.8, 4) is 5.75 Å². The predicted octanol–water partition coefficient (Wildman–Crippen LogP) is 5.75. The number of esters is 2. The Kier molecular flexibility index (Phi) is 6.05. The molecule has 0 saturated heterocycles. The molecule has 7 nitrogen and oxygen atoms in total. The number of hydrogen-bond acceptors (Lipinski definition) is 9. The Morgan fingerprint density at radius 2 is 1.64 bits per heavy atom. The normalized spacial score (nSPS) is 11.2. The molecular formula is C19H18N2O5S2. The largest absolute Gasteiger partial charge is 0.504 e. The van der Waals surface area contributed by atoms with Crippen LogP contribution in [-0.4, -0.2) is 30.3 Å². The minimum atomic E-state index is -0.582. The number of nitrogens with zero attached hydrogens (tertiary/aromatic N) is 2. The lowest BCUT2D eigenvalue weighted by atomic mass is 10.1. The zero-order chi connectivity index (χ0) is 20.3. The van der Waals surface area contributed by atoms with E-state index in [9.17, 15) is 14.7 Å². The lowest BCUT2D eigenvalue weighted by Gasteiger charge is -2.02. The molecule has 2 aromatic heterocycles. The first-order valence-corrected chi connectivity index (χ1v) is 10.2. The first-order chi connectivity index (χ1) is 13.5. The van der Waals surface area contributed by atoms with Gasteiger partial charge in [0.05, 0.1) is 13.2 Å². The highest BCUT2D eigenvalue weighted by Gasteiger charge is 2.26. The van der Waals surface area contributed by atoms with Gasteiger partial charge in [0.25, 0.3) is 0 Å². The van der Waals surface area contributed by atoms with Crippen molar-refractivity contribution in [2.75, 3.05) is 13.2 Å². The summed E-state index contributed by atoms with van der Waals surface area (Å²) in [5.41, 5.74) is 0.621. The Morgan fingerprint density at radius 3 is 2.32 bits per heavy atom. The minimum absolute atomic E-state index is 0.0286. The molecule has 3 rings (SSSR count). The van der Waals surface area contributed by atoms with E-state index in [1.54, 1.807) is 26.8 Å². The van der Waals surface area contributed by atoms with Gasteiger partial charge in [-0.3, -0.25) is 0 Å². The minimum Gasteiger partial charge on any atom is -0.504 e. The third-order valence-electron chi connectivity index (χ3n) is 3.85. The maximum Gasteiger partial charge on any atom is 0.348 e. The second-order valence-electron chi connectivity index (χ2n) is 5.63. The van der Waals surface area contributed by atoms with E-state index in [4.69, 9.17) is 9.47 Å². The van der Waals surface area contributed by atoms with Crippen LogP contribution in [0.2, 0.25) is 0 Å². The molecule has 0 radical (unpaired) electrons. The number of thiophene rings is 2. The molecule has 146 valence electrons. The zero-order valence-electron chi connectivity index (χ0n) is 15.5. The van der Waals surface area contributed by atoms with Gasteiger partial charge in [0.2, 0.25) is 0 Å². The van der Waals surface area contributed by atoms with Crippen molar-refractivity contribution in [2.24, 2.45) is 10.2 Å². The molecular weight excluding hydrogens is 400 g/mol. The molecule has 0 aliphatic rings. The van der Waals surface area contributed by atoms with Crippen LogP contribution in [0.3, 0.4) is 0 Å². The Bertz CT molecular complexity index is 1070. The van der Waals surface area contributed by atoms with E-state index in [2.05, 4.69) is 10.2 Å². The van der Waals surface area contributed by atoms with Crippen molar-refractivity contribution in [1.29, 1.82) is 0 Å². The van der Waals surface area contributed by atoms with Crippen molar-refractivity contribution in [1.82, 2.24) is 0 Å². The Balaban J connectivity index is 2.05. The second kappa shape index (κ2) is 8.49. The molecule has 3 aromatic rings. The van der Waals surface area contributed by atoms with Crippen LogP contribution in [0.5, 0.6) is 5.75 Å². The predicted molar refractivity (Wildman–Crippen MR) is 109 cm³/mol. The molecule has 0 bridgehead atoms. The number of ether oxygens (including phenoxy) is 2. The molecule has 28 heavy (non-hydrogen) atoms. The Morgan fingerprint density at radius 1 is 1.00 bits per heavy atom. The van der Waals surface area contributed by atoms with E-state index in [-0.39, 0.29) is 34.4 Å². The van der Waals surface area contributed by atoms with Gasteiger partial charge < -0.3 is 14.6 Å². The smallest absolute Gasteiger partial charge is 0.348 e. The van der Waals surface area contributed by atoms with Crippen LogP contribution in [0.25, 0.3) is 10.1 Å². The van der Waals surface area contributed by atoms with E-state index in [0.29, 0.717) is 16.0 Å². The maximum atomic E-state index is 12.4. The van der Waals surface area contributed by atoms with Crippen LogP contribution in [0.4, 0.5) is 10.0 Å². The molecule has 2 heterocycles. The van der Waals surface area contributed by atoms with E-state index in [0.717, 1.165) is 16.0 Å². The van der Waals surface area contributed by atoms with Crippen molar-refractivity contribution < 1.29 is 24.2 Å². The fraction of sp³-hybridized carbons (Fsp3) is 0.263. The average Bonchev–Trinajstić information content (AvgIpc) is 3.18. The number of fused-ring (bicyclic) bond motifs is 1. The van der Waals surface area contributed by atoms with Gasteiger partial charge in [-0.25, -0.2) is 9.59 Å². The van der Waals surface area contributed by atoms with E-state index in [1.165, 1.54) is 11.3 Å².